The van der Waals surface area contributed by atoms with Crippen LogP contribution in [-0.4, -0.2) is 61.4 Å². The second-order valence-electron chi connectivity index (χ2n) is 4.89. The number of nitrogens with zero attached hydrogens (tertiary/aromatic N) is 1. The number of hydrogen-bond acceptors (Lipinski definition) is 5. The zero-order valence-electron chi connectivity index (χ0n) is 11.3. The van der Waals surface area contributed by atoms with Crippen molar-refractivity contribution in [2.24, 2.45) is 11.7 Å². The maximum Gasteiger partial charge on any atom is 0.317 e. The summed E-state index contributed by atoms with van der Waals surface area (Å²) in [6, 6.07) is 0. The van der Waals surface area contributed by atoms with Crippen molar-refractivity contribution < 1.29 is 23.1 Å². The van der Waals surface area contributed by atoms with Crippen LogP contribution in [0.25, 0.3) is 0 Å². The topological polar surface area (TPSA) is 118 Å². The highest BCUT2D eigenvalue weighted by molar-refractivity contribution is 7.91. The van der Waals surface area contributed by atoms with Crippen molar-refractivity contribution in [3.63, 3.8) is 0 Å². The number of rotatable bonds is 10. The van der Waals surface area contributed by atoms with Crippen molar-refractivity contribution in [1.29, 1.82) is 0 Å². The van der Waals surface area contributed by atoms with E-state index in [1.807, 2.05) is 13.8 Å². The molecule has 0 unspecified atom stereocenters. The summed E-state index contributed by atoms with van der Waals surface area (Å²) in [4.78, 5) is 22.8. The lowest BCUT2D eigenvalue weighted by Gasteiger charge is -2.22. The largest absolute Gasteiger partial charge is 0.480 e. The highest BCUT2D eigenvalue weighted by Crippen LogP contribution is 2.01. The van der Waals surface area contributed by atoms with E-state index < -0.39 is 21.7 Å². The lowest BCUT2D eigenvalue weighted by molar-refractivity contribution is -0.138. The molecule has 0 aliphatic heterocycles. The van der Waals surface area contributed by atoms with Gasteiger partial charge in [0.25, 0.3) is 0 Å². The normalized spacial score (nSPS) is 12.0. The molecule has 0 aromatic carbocycles. The molecular weight excluding hydrogens is 272 g/mol. The van der Waals surface area contributed by atoms with Crippen LogP contribution in [0.3, 0.4) is 0 Å². The maximum atomic E-state index is 11.6. The molecular formula is C11H22N2O5S. The average Bonchev–Trinajstić information content (AvgIpc) is 2.22. The minimum Gasteiger partial charge on any atom is -0.480 e. The van der Waals surface area contributed by atoms with Crippen molar-refractivity contribution in [3.05, 3.63) is 0 Å². The molecule has 0 aliphatic carbocycles. The summed E-state index contributed by atoms with van der Waals surface area (Å²) in [5.74, 6) is -1.86. The number of aliphatic carboxylic acids is 1. The van der Waals surface area contributed by atoms with Gasteiger partial charge in [-0.15, -0.1) is 0 Å². The van der Waals surface area contributed by atoms with E-state index in [0.717, 1.165) is 0 Å². The zero-order chi connectivity index (χ0) is 15.1. The molecule has 7 nitrogen and oxygen atoms in total. The molecule has 0 aromatic heterocycles. The lowest BCUT2D eigenvalue weighted by atomic mass is 10.2. The highest BCUT2D eigenvalue weighted by atomic mass is 32.2. The number of amides is 1. The first-order chi connectivity index (χ1) is 8.62. The fraction of sp³-hybridized carbons (Fsp3) is 0.818. The van der Waals surface area contributed by atoms with E-state index in [-0.39, 0.29) is 36.9 Å². The number of primary amides is 1. The van der Waals surface area contributed by atoms with Gasteiger partial charge in [-0.25, -0.2) is 8.42 Å². The SMILES string of the molecule is CC(C)CN(CCS(=O)(=O)CCC(N)=O)CC(=O)O. The maximum absolute atomic E-state index is 11.6. The molecule has 0 saturated carbocycles. The van der Waals surface area contributed by atoms with Crippen LogP contribution in [0, 0.1) is 5.92 Å². The zero-order valence-corrected chi connectivity index (χ0v) is 12.1. The molecule has 8 heteroatoms. The Kier molecular flexibility index (Phi) is 7.62. The van der Waals surface area contributed by atoms with Crippen molar-refractivity contribution in [2.45, 2.75) is 20.3 Å². The Balaban J connectivity index is 4.36. The minimum absolute atomic E-state index is 0.144. The summed E-state index contributed by atoms with van der Waals surface area (Å²) in [5.41, 5.74) is 4.90. The third-order valence-electron chi connectivity index (χ3n) is 2.36. The van der Waals surface area contributed by atoms with E-state index in [1.54, 1.807) is 4.90 Å². The molecule has 112 valence electrons. The molecule has 1 amide bonds. The fourth-order valence-electron chi connectivity index (χ4n) is 1.57. The van der Waals surface area contributed by atoms with E-state index in [4.69, 9.17) is 10.8 Å². The number of carboxylic acid groups (broad SMARTS) is 1. The third-order valence-corrected chi connectivity index (χ3v) is 3.99. The van der Waals surface area contributed by atoms with Gasteiger partial charge in [0.15, 0.2) is 9.84 Å². The van der Waals surface area contributed by atoms with E-state index in [2.05, 4.69) is 0 Å². The molecule has 0 radical (unpaired) electrons. The first kappa shape index (κ1) is 17.8. The van der Waals surface area contributed by atoms with Crippen LogP contribution in [0.4, 0.5) is 0 Å². The molecule has 0 saturated heterocycles. The molecule has 0 fully saturated rings. The van der Waals surface area contributed by atoms with Crippen molar-refractivity contribution in [2.75, 3.05) is 31.1 Å². The van der Waals surface area contributed by atoms with Gasteiger partial charge in [0, 0.05) is 19.5 Å². The summed E-state index contributed by atoms with van der Waals surface area (Å²) >= 11 is 0. The van der Waals surface area contributed by atoms with E-state index in [9.17, 15) is 18.0 Å². The number of carboxylic acids is 1. The summed E-state index contributed by atoms with van der Waals surface area (Å²) in [7, 11) is -3.38. The second kappa shape index (κ2) is 8.11. The van der Waals surface area contributed by atoms with E-state index in [1.165, 1.54) is 0 Å². The second-order valence-corrected chi connectivity index (χ2v) is 7.19. The van der Waals surface area contributed by atoms with Crippen LogP contribution >= 0.6 is 0 Å². The molecule has 0 bridgehead atoms. The Labute approximate surface area is 113 Å². The van der Waals surface area contributed by atoms with Gasteiger partial charge in [0.05, 0.1) is 18.1 Å². The highest BCUT2D eigenvalue weighted by Gasteiger charge is 2.17. The molecule has 19 heavy (non-hydrogen) atoms. The number of sulfone groups is 1. The number of nitrogens with two attached hydrogens (primary N) is 1. The summed E-state index contributed by atoms with van der Waals surface area (Å²) in [5, 5.41) is 8.75. The van der Waals surface area contributed by atoms with Crippen molar-refractivity contribution in [1.82, 2.24) is 4.90 Å². The van der Waals surface area contributed by atoms with Gasteiger partial charge in [-0.2, -0.15) is 0 Å². The predicted octanol–water partition coefficient (Wildman–Crippen LogP) is -0.681. The average molecular weight is 294 g/mol. The number of hydrogen-bond donors (Lipinski definition) is 2. The van der Waals surface area contributed by atoms with Crippen molar-refractivity contribution >= 4 is 21.7 Å². The lowest BCUT2D eigenvalue weighted by Crippen LogP contribution is -2.37. The van der Waals surface area contributed by atoms with Crippen LogP contribution in [0.1, 0.15) is 20.3 Å². The summed E-state index contributed by atoms with van der Waals surface area (Å²) in [6.07, 6.45) is -0.203. The molecule has 0 atom stereocenters. The van der Waals surface area contributed by atoms with Crippen molar-refractivity contribution in [3.8, 4) is 0 Å². The van der Waals surface area contributed by atoms with E-state index in [0.29, 0.717) is 6.54 Å². The molecule has 0 aliphatic rings. The van der Waals surface area contributed by atoms with E-state index >= 15 is 0 Å². The van der Waals surface area contributed by atoms with Gasteiger partial charge < -0.3 is 10.8 Å². The van der Waals surface area contributed by atoms with Crippen LogP contribution in [0.5, 0.6) is 0 Å². The molecule has 0 spiro atoms. The van der Waals surface area contributed by atoms with Gasteiger partial charge in [-0.05, 0) is 5.92 Å². The third kappa shape index (κ3) is 10.5. The van der Waals surface area contributed by atoms with Gasteiger partial charge >= 0.3 is 5.97 Å². The van der Waals surface area contributed by atoms with Gasteiger partial charge in [0.1, 0.15) is 0 Å². The number of carbonyl (C=O) groups excluding carboxylic acids is 1. The Bertz CT molecular complexity index is 405. The Morgan fingerprint density at radius 3 is 2.26 bits per heavy atom. The van der Waals surface area contributed by atoms with Crippen LogP contribution < -0.4 is 5.73 Å². The quantitative estimate of drug-likeness (QED) is 0.551. The van der Waals surface area contributed by atoms with Gasteiger partial charge in [-0.1, -0.05) is 13.8 Å². The Hall–Kier alpha value is -1.15. The van der Waals surface area contributed by atoms with Gasteiger partial charge in [-0.3, -0.25) is 14.5 Å². The molecule has 3 N–H and O–H groups in total. The Morgan fingerprint density at radius 2 is 1.84 bits per heavy atom. The smallest absolute Gasteiger partial charge is 0.317 e. The standard InChI is InChI=1S/C11H22N2O5S/c1-9(2)7-13(8-11(15)16)4-6-19(17,18)5-3-10(12)14/h9H,3-8H2,1-2H3,(H2,12,14)(H,15,16). The molecule has 0 heterocycles. The Morgan fingerprint density at radius 1 is 1.26 bits per heavy atom. The minimum atomic E-state index is -3.38. The van der Waals surface area contributed by atoms with Crippen LogP contribution in [0.2, 0.25) is 0 Å². The van der Waals surface area contributed by atoms with Gasteiger partial charge in [0.2, 0.25) is 5.91 Å². The predicted molar refractivity (Wildman–Crippen MR) is 71.4 cm³/mol. The molecule has 0 aromatic rings. The summed E-state index contributed by atoms with van der Waals surface area (Å²) in [6.45, 7) is 4.32. The monoisotopic (exact) mass is 294 g/mol. The summed E-state index contributed by atoms with van der Waals surface area (Å²) < 4.78 is 23.3. The van der Waals surface area contributed by atoms with Crippen LogP contribution in [-0.2, 0) is 19.4 Å². The first-order valence-electron chi connectivity index (χ1n) is 6.05. The number of carbonyl (C=O) groups is 2. The first-order valence-corrected chi connectivity index (χ1v) is 7.87. The molecule has 0 rings (SSSR count). The van der Waals surface area contributed by atoms with Crippen LogP contribution in [0.15, 0.2) is 0 Å². The fourth-order valence-corrected chi connectivity index (χ4v) is 2.82.